The van der Waals surface area contributed by atoms with Gasteiger partial charge in [-0.05, 0) is 19.1 Å². The number of anilines is 2. The van der Waals surface area contributed by atoms with E-state index in [2.05, 4.69) is 15.3 Å². The van der Waals surface area contributed by atoms with E-state index in [0.717, 1.165) is 11.4 Å². The Morgan fingerprint density at radius 2 is 2.12 bits per heavy atom. The van der Waals surface area contributed by atoms with Gasteiger partial charge < -0.3 is 11.1 Å². The van der Waals surface area contributed by atoms with E-state index in [0.29, 0.717) is 12.2 Å². The summed E-state index contributed by atoms with van der Waals surface area (Å²) in [7, 11) is 0. The predicted octanol–water partition coefficient (Wildman–Crippen LogP) is 2.12. The van der Waals surface area contributed by atoms with Crippen LogP contribution >= 0.6 is 0 Å². The van der Waals surface area contributed by atoms with Gasteiger partial charge in [-0.3, -0.25) is 9.97 Å². The Hall–Kier alpha value is -2.17. The molecular weight excluding hydrogens is 219 g/mol. The molecule has 0 aliphatic rings. The van der Waals surface area contributed by atoms with E-state index in [-0.39, 0.29) is 5.69 Å². The quantitative estimate of drug-likeness (QED) is 0.795. The van der Waals surface area contributed by atoms with Gasteiger partial charge >= 0.3 is 0 Å². The average Bonchev–Trinajstić information content (AvgIpc) is 2.33. The third-order valence-electron chi connectivity index (χ3n) is 2.35. The fourth-order valence-corrected chi connectivity index (χ4v) is 1.39. The Bertz CT molecular complexity index is 510. The molecule has 0 spiro atoms. The third-order valence-corrected chi connectivity index (χ3v) is 2.35. The van der Waals surface area contributed by atoms with Gasteiger partial charge in [0.1, 0.15) is 5.82 Å². The number of hydrogen-bond acceptors (Lipinski definition) is 4. The van der Waals surface area contributed by atoms with E-state index in [4.69, 9.17) is 5.73 Å². The van der Waals surface area contributed by atoms with E-state index in [1.54, 1.807) is 24.5 Å². The molecule has 4 nitrogen and oxygen atoms in total. The maximum atomic E-state index is 13.2. The number of nitrogens with zero attached hydrogens (tertiary/aromatic N) is 2. The van der Waals surface area contributed by atoms with Gasteiger partial charge in [-0.2, -0.15) is 0 Å². The molecule has 2 aromatic rings. The Balaban J connectivity index is 2.07. The molecule has 1 aromatic heterocycles. The molecule has 5 heteroatoms. The highest BCUT2D eigenvalue weighted by atomic mass is 19.1. The number of aromatic nitrogens is 2. The Morgan fingerprint density at radius 3 is 2.82 bits per heavy atom. The van der Waals surface area contributed by atoms with E-state index < -0.39 is 5.82 Å². The molecule has 0 aliphatic heterocycles. The zero-order chi connectivity index (χ0) is 12.3. The minimum absolute atomic E-state index is 0.118. The van der Waals surface area contributed by atoms with Crippen molar-refractivity contribution in [2.45, 2.75) is 13.5 Å². The molecule has 2 rings (SSSR count). The van der Waals surface area contributed by atoms with Gasteiger partial charge in [0.25, 0.3) is 0 Å². The van der Waals surface area contributed by atoms with Crippen LogP contribution < -0.4 is 11.1 Å². The number of aryl methyl sites for hydroxylation is 1. The third kappa shape index (κ3) is 2.69. The van der Waals surface area contributed by atoms with Crippen LogP contribution in [0.3, 0.4) is 0 Å². The van der Waals surface area contributed by atoms with Crippen molar-refractivity contribution in [2.24, 2.45) is 0 Å². The van der Waals surface area contributed by atoms with Crippen LogP contribution in [0.15, 0.2) is 30.6 Å². The van der Waals surface area contributed by atoms with Crippen molar-refractivity contribution < 1.29 is 4.39 Å². The van der Waals surface area contributed by atoms with Gasteiger partial charge in [-0.15, -0.1) is 0 Å². The molecule has 0 saturated heterocycles. The number of nitrogens with one attached hydrogen (secondary N) is 1. The molecule has 0 radical (unpaired) electrons. The summed E-state index contributed by atoms with van der Waals surface area (Å²) in [5.41, 5.74) is 7.92. The van der Waals surface area contributed by atoms with Gasteiger partial charge in [0.2, 0.25) is 0 Å². The Labute approximate surface area is 98.7 Å². The maximum Gasteiger partial charge on any atom is 0.148 e. The second-order valence-electron chi connectivity index (χ2n) is 3.70. The Morgan fingerprint density at radius 1 is 1.29 bits per heavy atom. The van der Waals surface area contributed by atoms with Crippen LogP contribution in [0, 0.1) is 12.7 Å². The molecule has 0 unspecified atom stereocenters. The summed E-state index contributed by atoms with van der Waals surface area (Å²) in [6.45, 7) is 2.33. The van der Waals surface area contributed by atoms with E-state index in [1.165, 1.54) is 6.07 Å². The summed E-state index contributed by atoms with van der Waals surface area (Å²) in [5, 5.41) is 3.02. The van der Waals surface area contributed by atoms with Gasteiger partial charge in [-0.1, -0.05) is 6.07 Å². The fraction of sp³-hybridized carbons (Fsp3) is 0.167. The molecule has 88 valence electrons. The lowest BCUT2D eigenvalue weighted by Gasteiger charge is -2.09. The molecule has 0 bridgehead atoms. The summed E-state index contributed by atoms with van der Waals surface area (Å²) >= 11 is 0. The van der Waals surface area contributed by atoms with Gasteiger partial charge in [-0.25, -0.2) is 4.39 Å². The standard InChI is InChI=1S/C12H13FN4/c1-8-5-16-9(6-15-8)7-17-11-4-2-3-10(13)12(11)14/h2-6,17H,7,14H2,1H3. The normalized spacial score (nSPS) is 10.2. The molecule has 0 saturated carbocycles. The fourth-order valence-electron chi connectivity index (χ4n) is 1.39. The first kappa shape index (κ1) is 11.3. The topological polar surface area (TPSA) is 63.8 Å². The van der Waals surface area contributed by atoms with Crippen LogP contribution in [0.25, 0.3) is 0 Å². The number of rotatable bonds is 3. The molecule has 3 N–H and O–H groups in total. The minimum atomic E-state index is -0.426. The van der Waals surface area contributed by atoms with Crippen LogP contribution in [0.4, 0.5) is 15.8 Å². The summed E-state index contributed by atoms with van der Waals surface area (Å²) in [6, 6.07) is 4.65. The molecule has 0 amide bonds. The lowest BCUT2D eigenvalue weighted by Crippen LogP contribution is -2.05. The highest BCUT2D eigenvalue weighted by Gasteiger charge is 2.04. The highest BCUT2D eigenvalue weighted by Crippen LogP contribution is 2.21. The zero-order valence-corrected chi connectivity index (χ0v) is 9.44. The summed E-state index contributed by atoms with van der Waals surface area (Å²) in [5.74, 6) is -0.426. The largest absolute Gasteiger partial charge is 0.395 e. The lowest BCUT2D eigenvalue weighted by molar-refractivity contribution is 0.633. The lowest BCUT2D eigenvalue weighted by atomic mass is 10.2. The molecular formula is C12H13FN4. The van der Waals surface area contributed by atoms with Crippen molar-refractivity contribution in [1.29, 1.82) is 0 Å². The second-order valence-corrected chi connectivity index (χ2v) is 3.70. The first-order valence-electron chi connectivity index (χ1n) is 5.22. The van der Waals surface area contributed by atoms with Gasteiger partial charge in [0, 0.05) is 6.20 Å². The van der Waals surface area contributed by atoms with E-state index in [1.807, 2.05) is 6.92 Å². The first-order valence-corrected chi connectivity index (χ1v) is 5.22. The van der Waals surface area contributed by atoms with Crippen LogP contribution in [0.1, 0.15) is 11.4 Å². The highest BCUT2D eigenvalue weighted by molar-refractivity contribution is 5.66. The van der Waals surface area contributed by atoms with Crippen molar-refractivity contribution in [3.05, 3.63) is 47.8 Å². The molecule has 0 atom stereocenters. The second kappa shape index (κ2) is 4.78. The van der Waals surface area contributed by atoms with Crippen LogP contribution in [-0.2, 0) is 6.54 Å². The number of nitrogen functional groups attached to an aromatic ring is 1. The number of nitrogens with two attached hydrogens (primary N) is 1. The monoisotopic (exact) mass is 232 g/mol. The molecule has 0 fully saturated rings. The molecule has 0 aliphatic carbocycles. The van der Waals surface area contributed by atoms with Crippen LogP contribution in [0.5, 0.6) is 0 Å². The summed E-state index contributed by atoms with van der Waals surface area (Å²) in [6.07, 6.45) is 3.36. The van der Waals surface area contributed by atoms with Crippen molar-refractivity contribution in [3.8, 4) is 0 Å². The number of halogens is 1. The first-order chi connectivity index (χ1) is 8.16. The predicted molar refractivity (Wildman–Crippen MR) is 64.9 cm³/mol. The average molecular weight is 232 g/mol. The van der Waals surface area contributed by atoms with Gasteiger partial charge in [0.05, 0.1) is 35.5 Å². The molecule has 1 aromatic carbocycles. The number of hydrogen-bond donors (Lipinski definition) is 2. The minimum Gasteiger partial charge on any atom is -0.395 e. The summed E-state index contributed by atoms with van der Waals surface area (Å²) < 4.78 is 13.2. The van der Waals surface area contributed by atoms with E-state index in [9.17, 15) is 4.39 Å². The smallest absolute Gasteiger partial charge is 0.148 e. The van der Waals surface area contributed by atoms with Gasteiger partial charge in [0.15, 0.2) is 0 Å². The summed E-state index contributed by atoms with van der Waals surface area (Å²) in [4.78, 5) is 8.31. The number of para-hydroxylation sites is 1. The van der Waals surface area contributed by atoms with Crippen molar-refractivity contribution >= 4 is 11.4 Å². The van der Waals surface area contributed by atoms with Crippen molar-refractivity contribution in [3.63, 3.8) is 0 Å². The zero-order valence-electron chi connectivity index (χ0n) is 9.44. The van der Waals surface area contributed by atoms with Crippen LogP contribution in [-0.4, -0.2) is 9.97 Å². The van der Waals surface area contributed by atoms with Crippen molar-refractivity contribution in [2.75, 3.05) is 11.1 Å². The van der Waals surface area contributed by atoms with Crippen molar-refractivity contribution in [1.82, 2.24) is 9.97 Å². The van der Waals surface area contributed by atoms with E-state index >= 15 is 0 Å². The molecule has 1 heterocycles. The maximum absolute atomic E-state index is 13.2. The molecule has 17 heavy (non-hydrogen) atoms. The van der Waals surface area contributed by atoms with Crippen LogP contribution in [0.2, 0.25) is 0 Å². The SMILES string of the molecule is Cc1cnc(CNc2cccc(F)c2N)cn1. The number of benzene rings is 1. The Kier molecular flexibility index (Phi) is 3.18.